The van der Waals surface area contributed by atoms with Gasteiger partial charge in [0, 0.05) is 16.6 Å². The Kier molecular flexibility index (Phi) is 7.33. The molecule has 0 aliphatic heterocycles. The van der Waals surface area contributed by atoms with E-state index in [0.29, 0.717) is 17.5 Å². The topological polar surface area (TPSA) is 69.0 Å². The summed E-state index contributed by atoms with van der Waals surface area (Å²) in [6.45, 7) is 8.22. The number of hydrogen-bond donors (Lipinski definition) is 1. The highest BCUT2D eigenvalue weighted by atomic mass is 79.9. The number of allylic oxidation sites excluding steroid dienone is 1. The monoisotopic (exact) mass is 486 g/mol. The minimum absolute atomic E-state index is 0.108. The summed E-state index contributed by atoms with van der Waals surface area (Å²) in [5, 5.41) is 11.9. The Morgan fingerprint density at radius 2 is 2.03 bits per heavy atom. The van der Waals surface area contributed by atoms with E-state index in [4.69, 9.17) is 4.74 Å². The van der Waals surface area contributed by atoms with Crippen molar-refractivity contribution in [3.63, 3.8) is 0 Å². The molecule has 0 fully saturated rings. The number of rotatable bonds is 8. The number of nitrogens with zero attached hydrogens (tertiary/aromatic N) is 3. The molecule has 0 aliphatic rings. The molecule has 0 saturated carbocycles. The second-order valence-corrected chi connectivity index (χ2v) is 8.83. The van der Waals surface area contributed by atoms with Gasteiger partial charge >= 0.3 is 0 Å². The number of aryl methyl sites for hydroxylation is 1. The maximum Gasteiger partial charge on any atom is 0.237 e. The molecule has 1 heterocycles. The quantitative estimate of drug-likeness (QED) is 0.344. The van der Waals surface area contributed by atoms with E-state index < -0.39 is 0 Å². The fraction of sp³-hybridized carbons (Fsp3) is 0.227. The zero-order chi connectivity index (χ0) is 21.7. The first kappa shape index (κ1) is 22.1. The Hall–Kier alpha value is -2.58. The van der Waals surface area contributed by atoms with Gasteiger partial charge in [-0.15, -0.1) is 16.8 Å². The number of carbonyl (C=O) groups is 1. The predicted octanol–water partition coefficient (Wildman–Crippen LogP) is 5.33. The van der Waals surface area contributed by atoms with Crippen molar-refractivity contribution in [3.05, 3.63) is 65.2 Å². The number of carbonyl (C=O) groups excluding carboxylic acids is 1. The predicted molar refractivity (Wildman–Crippen MR) is 125 cm³/mol. The lowest BCUT2D eigenvalue weighted by atomic mass is 10.2. The van der Waals surface area contributed by atoms with E-state index in [1.165, 1.54) is 11.8 Å². The molecule has 1 aromatic heterocycles. The molecule has 1 atom stereocenters. The van der Waals surface area contributed by atoms with Crippen LogP contribution in [0.3, 0.4) is 0 Å². The number of thioether (sulfide) groups is 1. The number of hydrogen-bond acceptors (Lipinski definition) is 5. The molecular weight excluding hydrogens is 464 g/mol. The molecule has 0 aliphatic carbocycles. The summed E-state index contributed by atoms with van der Waals surface area (Å²) in [6.07, 6.45) is 1.79. The van der Waals surface area contributed by atoms with Crippen LogP contribution >= 0.6 is 27.7 Å². The molecule has 1 N–H and O–H groups in total. The van der Waals surface area contributed by atoms with Gasteiger partial charge in [-0.05, 0) is 71.7 Å². The number of aromatic nitrogens is 3. The molecule has 3 rings (SSSR count). The molecule has 156 valence electrons. The molecule has 1 amide bonds. The van der Waals surface area contributed by atoms with Crippen molar-refractivity contribution < 1.29 is 9.53 Å². The van der Waals surface area contributed by atoms with Gasteiger partial charge in [-0.25, -0.2) is 0 Å². The lowest BCUT2D eigenvalue weighted by Gasteiger charge is -2.14. The Balaban J connectivity index is 1.78. The summed E-state index contributed by atoms with van der Waals surface area (Å²) in [6, 6.07) is 13.4. The second-order valence-electron chi connectivity index (χ2n) is 6.67. The van der Waals surface area contributed by atoms with Crippen LogP contribution in [0.15, 0.2) is 64.7 Å². The van der Waals surface area contributed by atoms with Gasteiger partial charge in [0.15, 0.2) is 11.0 Å². The standard InChI is InChI=1S/C22H23BrN4O2S/c1-5-12-27-20(16-7-9-17(29-4)10-8-16)25-26-22(27)30-15(3)21(28)24-19-11-6-14(2)13-18(19)23/h5-11,13,15H,1,12H2,2-4H3,(H,24,28). The largest absolute Gasteiger partial charge is 0.497 e. The molecule has 3 aromatic rings. The first-order valence-corrected chi connectivity index (χ1v) is 11.0. The van der Waals surface area contributed by atoms with Gasteiger partial charge in [0.1, 0.15) is 5.75 Å². The van der Waals surface area contributed by atoms with Crippen molar-refractivity contribution in [2.24, 2.45) is 0 Å². The SMILES string of the molecule is C=CCn1c(SC(C)C(=O)Nc2ccc(C)cc2Br)nnc1-c1ccc(OC)cc1. The van der Waals surface area contributed by atoms with Crippen molar-refractivity contribution in [3.8, 4) is 17.1 Å². The highest BCUT2D eigenvalue weighted by molar-refractivity contribution is 9.10. The van der Waals surface area contributed by atoms with Gasteiger partial charge in [0.25, 0.3) is 0 Å². The van der Waals surface area contributed by atoms with Crippen LogP contribution in [0.1, 0.15) is 12.5 Å². The van der Waals surface area contributed by atoms with Gasteiger partial charge < -0.3 is 10.1 Å². The second kappa shape index (κ2) is 9.95. The third-order valence-corrected chi connectivity index (χ3v) is 6.15. The number of benzene rings is 2. The van der Waals surface area contributed by atoms with Crippen molar-refractivity contribution in [1.29, 1.82) is 0 Å². The van der Waals surface area contributed by atoms with Gasteiger partial charge in [0.2, 0.25) is 5.91 Å². The van der Waals surface area contributed by atoms with Gasteiger partial charge in [-0.1, -0.05) is 23.9 Å². The average Bonchev–Trinajstić information content (AvgIpc) is 3.12. The van der Waals surface area contributed by atoms with Crippen molar-refractivity contribution >= 4 is 39.3 Å². The minimum atomic E-state index is -0.366. The molecule has 1 unspecified atom stereocenters. The normalized spacial score (nSPS) is 11.7. The smallest absolute Gasteiger partial charge is 0.237 e. The zero-order valence-electron chi connectivity index (χ0n) is 17.1. The first-order valence-electron chi connectivity index (χ1n) is 9.35. The highest BCUT2D eigenvalue weighted by Gasteiger charge is 2.21. The molecule has 30 heavy (non-hydrogen) atoms. The molecule has 8 heteroatoms. The molecule has 0 radical (unpaired) electrons. The Morgan fingerprint density at radius 1 is 1.30 bits per heavy atom. The first-order chi connectivity index (χ1) is 14.4. The Labute approximate surface area is 188 Å². The van der Waals surface area contributed by atoms with Gasteiger partial charge in [-0.2, -0.15) is 0 Å². The van der Waals surface area contributed by atoms with E-state index in [1.54, 1.807) is 13.2 Å². The fourth-order valence-electron chi connectivity index (χ4n) is 2.79. The maximum atomic E-state index is 12.7. The Bertz CT molecular complexity index is 1050. The zero-order valence-corrected chi connectivity index (χ0v) is 19.5. The van der Waals surface area contributed by atoms with E-state index in [0.717, 1.165) is 27.0 Å². The molecule has 6 nitrogen and oxygen atoms in total. The van der Waals surface area contributed by atoms with E-state index in [2.05, 4.69) is 38.0 Å². The van der Waals surface area contributed by atoms with Crippen molar-refractivity contribution in [1.82, 2.24) is 14.8 Å². The summed E-state index contributed by atoms with van der Waals surface area (Å²) >= 11 is 4.85. The van der Waals surface area contributed by atoms with E-state index in [-0.39, 0.29) is 11.2 Å². The number of nitrogens with one attached hydrogen (secondary N) is 1. The van der Waals surface area contributed by atoms with E-state index in [1.807, 2.05) is 60.9 Å². The van der Waals surface area contributed by atoms with E-state index in [9.17, 15) is 4.79 Å². The molecule has 0 saturated heterocycles. The van der Waals surface area contributed by atoms with Gasteiger partial charge in [0.05, 0.1) is 18.0 Å². The molecular formula is C22H23BrN4O2S. The van der Waals surface area contributed by atoms with Crippen LogP contribution in [-0.2, 0) is 11.3 Å². The van der Waals surface area contributed by atoms with Crippen LogP contribution in [0, 0.1) is 6.92 Å². The average molecular weight is 487 g/mol. The highest BCUT2D eigenvalue weighted by Crippen LogP contribution is 2.29. The summed E-state index contributed by atoms with van der Waals surface area (Å²) in [5.41, 5.74) is 2.77. The third kappa shape index (κ3) is 5.12. The lowest BCUT2D eigenvalue weighted by Crippen LogP contribution is -2.23. The summed E-state index contributed by atoms with van der Waals surface area (Å²) < 4.78 is 8.02. The van der Waals surface area contributed by atoms with Crippen molar-refractivity contribution in [2.45, 2.75) is 30.8 Å². The summed E-state index contributed by atoms with van der Waals surface area (Å²) in [7, 11) is 1.63. The maximum absolute atomic E-state index is 12.7. The minimum Gasteiger partial charge on any atom is -0.497 e. The van der Waals surface area contributed by atoms with Gasteiger partial charge in [-0.3, -0.25) is 9.36 Å². The van der Waals surface area contributed by atoms with Crippen LogP contribution in [0.25, 0.3) is 11.4 Å². The van der Waals surface area contributed by atoms with E-state index >= 15 is 0 Å². The number of halogens is 1. The molecule has 0 spiro atoms. The number of ether oxygens (including phenoxy) is 1. The van der Waals surface area contributed by atoms with Crippen LogP contribution in [0.5, 0.6) is 5.75 Å². The summed E-state index contributed by atoms with van der Waals surface area (Å²) in [5.74, 6) is 1.38. The van der Waals surface area contributed by atoms with Crippen LogP contribution in [-0.4, -0.2) is 33.0 Å². The number of anilines is 1. The van der Waals surface area contributed by atoms with Crippen LogP contribution < -0.4 is 10.1 Å². The van der Waals surface area contributed by atoms with Crippen LogP contribution in [0.2, 0.25) is 0 Å². The third-order valence-electron chi connectivity index (χ3n) is 4.41. The molecule has 0 bridgehead atoms. The Morgan fingerprint density at radius 3 is 2.67 bits per heavy atom. The lowest BCUT2D eigenvalue weighted by molar-refractivity contribution is -0.115. The number of methoxy groups -OCH3 is 1. The molecule has 2 aromatic carbocycles. The fourth-order valence-corrected chi connectivity index (χ4v) is 4.24. The summed E-state index contributed by atoms with van der Waals surface area (Å²) in [4.78, 5) is 12.7. The van der Waals surface area contributed by atoms with Crippen molar-refractivity contribution in [2.75, 3.05) is 12.4 Å². The van der Waals surface area contributed by atoms with Crippen LogP contribution in [0.4, 0.5) is 5.69 Å². The number of amides is 1.